The van der Waals surface area contributed by atoms with E-state index in [9.17, 15) is 4.21 Å². The molecule has 4 aromatic heterocycles. The van der Waals surface area contributed by atoms with Crippen LogP contribution in [0.1, 0.15) is 25.7 Å². The van der Waals surface area contributed by atoms with E-state index in [4.69, 9.17) is 4.74 Å². The predicted octanol–water partition coefficient (Wildman–Crippen LogP) is 2.63. The smallest absolute Gasteiger partial charge is 0.164 e. The van der Waals surface area contributed by atoms with Crippen LogP contribution in [0.3, 0.4) is 0 Å². The molecule has 5 heterocycles. The zero-order valence-corrected chi connectivity index (χ0v) is 18.2. The van der Waals surface area contributed by atoms with E-state index in [1.165, 1.54) is 4.09 Å². The van der Waals surface area contributed by atoms with Crippen molar-refractivity contribution in [3.05, 3.63) is 42.7 Å². The van der Waals surface area contributed by atoms with Crippen LogP contribution in [0, 0.1) is 6.92 Å². The normalized spacial score (nSPS) is 15.4. The highest BCUT2D eigenvalue weighted by molar-refractivity contribution is 7.84. The van der Waals surface area contributed by atoms with Gasteiger partial charge in [-0.3, -0.25) is 0 Å². The van der Waals surface area contributed by atoms with E-state index in [1.54, 1.807) is 30.9 Å². The number of aromatic nitrogens is 7. The first-order valence-electron chi connectivity index (χ1n) is 9.98. The Morgan fingerprint density at radius 1 is 1.19 bits per heavy atom. The summed E-state index contributed by atoms with van der Waals surface area (Å²) in [7, 11) is -1.26. The minimum atomic E-state index is -1.26. The van der Waals surface area contributed by atoms with Gasteiger partial charge >= 0.3 is 0 Å². The van der Waals surface area contributed by atoms with Gasteiger partial charge in [0.2, 0.25) is 0 Å². The van der Waals surface area contributed by atoms with E-state index in [2.05, 4.69) is 48.8 Å². The molecule has 0 radical (unpaired) electrons. The number of aryl methyl sites for hydroxylation is 1. The van der Waals surface area contributed by atoms with Crippen molar-refractivity contribution in [3.63, 3.8) is 0 Å². The summed E-state index contributed by atoms with van der Waals surface area (Å²) in [6.07, 6.45) is 6.74. The number of hydrogen-bond acceptors (Lipinski definition) is 8. The molecule has 1 aliphatic rings. The van der Waals surface area contributed by atoms with Crippen molar-refractivity contribution in [2.24, 2.45) is 0 Å². The molecule has 1 N–H and O–H groups in total. The average Bonchev–Trinajstić information content (AvgIpc) is 3.31. The SMILES string of the molecule is Cc1nc2cnc(Nc3ccnc(-c4cnn(S(=O)C5COC5)c4)n3)cc2n1C(C)C. The molecule has 0 amide bonds. The summed E-state index contributed by atoms with van der Waals surface area (Å²) in [5.74, 6) is 2.71. The van der Waals surface area contributed by atoms with Gasteiger partial charge in [-0.2, -0.15) is 9.19 Å². The van der Waals surface area contributed by atoms with E-state index in [0.29, 0.717) is 42.3 Å². The van der Waals surface area contributed by atoms with Gasteiger partial charge in [-0.25, -0.2) is 24.1 Å². The van der Waals surface area contributed by atoms with E-state index >= 15 is 0 Å². The maximum Gasteiger partial charge on any atom is 0.164 e. The van der Waals surface area contributed by atoms with Gasteiger partial charge < -0.3 is 14.6 Å². The van der Waals surface area contributed by atoms with Crippen molar-refractivity contribution in [1.82, 2.24) is 33.7 Å². The van der Waals surface area contributed by atoms with Crippen LogP contribution in [0.2, 0.25) is 0 Å². The average molecular weight is 439 g/mol. The Bertz CT molecular complexity index is 1280. The highest BCUT2D eigenvalue weighted by Gasteiger charge is 2.27. The molecule has 11 heteroatoms. The van der Waals surface area contributed by atoms with Crippen molar-refractivity contribution >= 4 is 33.7 Å². The fraction of sp³-hybridized carbons (Fsp3) is 0.350. The predicted molar refractivity (Wildman–Crippen MR) is 117 cm³/mol. The lowest BCUT2D eigenvalue weighted by molar-refractivity contribution is 0.0431. The molecule has 1 unspecified atom stereocenters. The molecule has 0 spiro atoms. The number of ether oxygens (including phenoxy) is 1. The summed E-state index contributed by atoms with van der Waals surface area (Å²) in [6.45, 7) is 7.23. The largest absolute Gasteiger partial charge is 0.379 e. The molecule has 10 nitrogen and oxygen atoms in total. The molecule has 1 fully saturated rings. The van der Waals surface area contributed by atoms with E-state index in [-0.39, 0.29) is 5.25 Å². The summed E-state index contributed by atoms with van der Waals surface area (Å²) < 4.78 is 21.2. The van der Waals surface area contributed by atoms with Crippen LogP contribution in [0.4, 0.5) is 11.6 Å². The lowest BCUT2D eigenvalue weighted by atomic mass is 10.3. The number of nitrogens with one attached hydrogen (secondary N) is 1. The second-order valence-electron chi connectivity index (χ2n) is 7.64. The molecule has 0 saturated carbocycles. The first kappa shape index (κ1) is 19.8. The van der Waals surface area contributed by atoms with E-state index in [0.717, 1.165) is 16.9 Å². The Kier molecular flexibility index (Phi) is 4.98. The van der Waals surface area contributed by atoms with Gasteiger partial charge in [-0.15, -0.1) is 0 Å². The fourth-order valence-electron chi connectivity index (χ4n) is 3.54. The third-order valence-corrected chi connectivity index (χ3v) is 6.49. The summed E-state index contributed by atoms with van der Waals surface area (Å²) in [6, 6.07) is 4.03. The number of rotatable bonds is 6. The number of fused-ring (bicyclic) bond motifs is 1. The fourth-order valence-corrected chi connectivity index (χ4v) is 4.63. The minimum absolute atomic E-state index is 0.0226. The second-order valence-corrected chi connectivity index (χ2v) is 9.23. The number of anilines is 2. The molecular weight excluding hydrogens is 416 g/mol. The van der Waals surface area contributed by atoms with Gasteiger partial charge in [0.05, 0.1) is 42.9 Å². The van der Waals surface area contributed by atoms with Crippen molar-refractivity contribution in [2.75, 3.05) is 18.5 Å². The lowest BCUT2D eigenvalue weighted by Crippen LogP contribution is -2.39. The molecule has 0 bridgehead atoms. The van der Waals surface area contributed by atoms with Crippen LogP contribution in [0.15, 0.2) is 36.9 Å². The summed E-state index contributed by atoms with van der Waals surface area (Å²) >= 11 is 0. The summed E-state index contributed by atoms with van der Waals surface area (Å²) in [4.78, 5) is 17.9. The Balaban J connectivity index is 1.40. The quantitative estimate of drug-likeness (QED) is 0.489. The van der Waals surface area contributed by atoms with Crippen molar-refractivity contribution in [3.8, 4) is 11.4 Å². The Labute approximate surface area is 181 Å². The Morgan fingerprint density at radius 2 is 2.03 bits per heavy atom. The summed E-state index contributed by atoms with van der Waals surface area (Å²) in [5, 5.41) is 7.43. The molecule has 1 aliphatic heterocycles. The van der Waals surface area contributed by atoms with Crippen LogP contribution >= 0.6 is 0 Å². The third kappa shape index (κ3) is 3.70. The molecular formula is C20H22N8O2S. The van der Waals surface area contributed by atoms with Crippen LogP contribution < -0.4 is 5.32 Å². The number of imidazole rings is 1. The molecule has 1 atom stereocenters. The zero-order valence-electron chi connectivity index (χ0n) is 17.4. The molecule has 31 heavy (non-hydrogen) atoms. The number of hydrogen-bond donors (Lipinski definition) is 1. The molecule has 1 saturated heterocycles. The van der Waals surface area contributed by atoms with Gasteiger partial charge in [-0.05, 0) is 26.8 Å². The first-order valence-corrected chi connectivity index (χ1v) is 11.1. The third-order valence-electron chi connectivity index (χ3n) is 5.08. The van der Waals surface area contributed by atoms with Crippen LogP contribution in [0.5, 0.6) is 0 Å². The van der Waals surface area contributed by atoms with Gasteiger partial charge in [0.25, 0.3) is 0 Å². The van der Waals surface area contributed by atoms with Crippen LogP contribution in [-0.2, 0) is 15.7 Å². The minimum Gasteiger partial charge on any atom is -0.379 e. The zero-order chi connectivity index (χ0) is 21.5. The highest BCUT2D eigenvalue weighted by Crippen LogP contribution is 2.24. The van der Waals surface area contributed by atoms with Crippen LogP contribution in [0.25, 0.3) is 22.4 Å². The molecule has 0 aliphatic carbocycles. The number of nitrogens with zero attached hydrogens (tertiary/aromatic N) is 7. The van der Waals surface area contributed by atoms with E-state index in [1.807, 2.05) is 13.0 Å². The topological polar surface area (TPSA) is 113 Å². The highest BCUT2D eigenvalue weighted by atomic mass is 32.2. The van der Waals surface area contributed by atoms with Gasteiger partial charge in [-0.1, -0.05) is 0 Å². The monoisotopic (exact) mass is 438 g/mol. The summed E-state index contributed by atoms with van der Waals surface area (Å²) in [5.41, 5.74) is 2.56. The van der Waals surface area contributed by atoms with Crippen molar-refractivity contribution in [1.29, 1.82) is 0 Å². The van der Waals surface area contributed by atoms with Gasteiger partial charge in [0, 0.05) is 18.3 Å². The molecule has 160 valence electrons. The van der Waals surface area contributed by atoms with Crippen molar-refractivity contribution < 1.29 is 8.95 Å². The van der Waals surface area contributed by atoms with Crippen molar-refractivity contribution in [2.45, 2.75) is 32.1 Å². The molecule has 4 aromatic rings. The standard InChI is InChI=1S/C20H22N8O2S/c1-12(2)28-13(3)24-16-8-22-19(6-17(16)28)25-18-4-5-21-20(26-18)14-7-23-27(9-14)31(29)15-10-30-11-15/h4-9,12,15H,10-11H2,1-3H3,(H,21,22,25,26). The molecule has 5 rings (SSSR count). The number of pyridine rings is 1. The van der Waals surface area contributed by atoms with Gasteiger partial charge in [0.1, 0.15) is 39.2 Å². The van der Waals surface area contributed by atoms with E-state index < -0.39 is 11.0 Å². The Morgan fingerprint density at radius 3 is 2.77 bits per heavy atom. The van der Waals surface area contributed by atoms with Gasteiger partial charge in [0.15, 0.2) is 5.82 Å². The second kappa shape index (κ2) is 7.82. The lowest BCUT2D eigenvalue weighted by Gasteiger charge is -2.24. The van der Waals surface area contributed by atoms with Crippen LogP contribution in [-0.4, -0.2) is 56.4 Å². The maximum absolute atomic E-state index is 12.4. The maximum atomic E-state index is 12.4. The Hall–Kier alpha value is -3.18. The first-order chi connectivity index (χ1) is 15.0. The molecule has 0 aromatic carbocycles.